The van der Waals surface area contributed by atoms with E-state index in [0.29, 0.717) is 6.54 Å². The van der Waals surface area contributed by atoms with Gasteiger partial charge in [0.1, 0.15) is 0 Å². The molecule has 0 aliphatic rings. The Morgan fingerprint density at radius 2 is 1.94 bits per heavy atom. The van der Waals surface area contributed by atoms with Gasteiger partial charge in [-0.2, -0.15) is 0 Å². The monoisotopic (exact) mass is 230 g/mol. The van der Waals surface area contributed by atoms with Crippen LogP contribution in [-0.2, 0) is 4.79 Å². The molecule has 1 atom stereocenters. The second-order valence-corrected chi connectivity index (χ2v) is 4.84. The van der Waals surface area contributed by atoms with Crippen LogP contribution in [0.3, 0.4) is 0 Å². The summed E-state index contributed by atoms with van der Waals surface area (Å²) in [6, 6.07) is -0.669. The molecule has 5 nitrogen and oxygen atoms in total. The zero-order valence-corrected chi connectivity index (χ0v) is 10.5. The Kier molecular flexibility index (Phi) is 5.85. The summed E-state index contributed by atoms with van der Waals surface area (Å²) in [5, 5.41) is 13.8. The maximum atomic E-state index is 11.4. The molecule has 0 aliphatic carbocycles. The van der Waals surface area contributed by atoms with E-state index >= 15 is 0 Å². The summed E-state index contributed by atoms with van der Waals surface area (Å²) in [6.45, 7) is 8.43. The molecule has 0 rings (SSSR count). The number of hydrogen-bond acceptors (Lipinski definition) is 2. The minimum absolute atomic E-state index is 0.0629. The second kappa shape index (κ2) is 6.35. The van der Waals surface area contributed by atoms with Crippen LogP contribution in [0.2, 0.25) is 0 Å². The first-order valence-corrected chi connectivity index (χ1v) is 5.53. The number of carbonyl (C=O) groups is 2. The van der Waals surface area contributed by atoms with Crippen LogP contribution < -0.4 is 10.6 Å². The summed E-state index contributed by atoms with van der Waals surface area (Å²) < 4.78 is 0. The van der Waals surface area contributed by atoms with Crippen LogP contribution in [0, 0.1) is 5.41 Å². The fourth-order valence-electron chi connectivity index (χ4n) is 1.03. The lowest BCUT2D eigenvalue weighted by molar-refractivity contribution is -0.137. The van der Waals surface area contributed by atoms with Crippen molar-refractivity contribution < 1.29 is 14.7 Å². The van der Waals surface area contributed by atoms with Gasteiger partial charge in [-0.3, -0.25) is 4.79 Å². The van der Waals surface area contributed by atoms with E-state index in [1.165, 1.54) is 0 Å². The van der Waals surface area contributed by atoms with E-state index < -0.39 is 5.97 Å². The minimum Gasteiger partial charge on any atom is -0.481 e. The Labute approximate surface area is 96.6 Å². The number of urea groups is 1. The Morgan fingerprint density at radius 3 is 2.38 bits per heavy atom. The second-order valence-electron chi connectivity index (χ2n) is 4.84. The molecule has 0 fully saturated rings. The topological polar surface area (TPSA) is 78.4 Å². The van der Waals surface area contributed by atoms with Crippen molar-refractivity contribution in [2.75, 3.05) is 6.54 Å². The number of carboxylic acids is 1. The molecule has 0 heterocycles. The van der Waals surface area contributed by atoms with Crippen molar-refractivity contribution in [3.05, 3.63) is 0 Å². The molecular formula is C11H22N2O3. The van der Waals surface area contributed by atoms with Gasteiger partial charge in [0.15, 0.2) is 0 Å². The van der Waals surface area contributed by atoms with Crippen LogP contribution in [0.1, 0.15) is 40.5 Å². The molecule has 0 radical (unpaired) electrons. The first kappa shape index (κ1) is 14.7. The normalized spacial score (nSPS) is 13.0. The van der Waals surface area contributed by atoms with Crippen molar-refractivity contribution in [3.8, 4) is 0 Å². The molecule has 5 heteroatoms. The van der Waals surface area contributed by atoms with Gasteiger partial charge in [0.2, 0.25) is 0 Å². The number of nitrogens with one attached hydrogen (secondary N) is 2. The molecule has 0 aromatic carbocycles. The molecule has 0 spiro atoms. The number of hydrogen-bond donors (Lipinski definition) is 3. The lowest BCUT2D eigenvalue weighted by Gasteiger charge is -2.23. The summed E-state index contributed by atoms with van der Waals surface area (Å²) in [6.07, 6.45) is 0.905. The summed E-state index contributed by atoms with van der Waals surface area (Å²) in [7, 11) is 0. The van der Waals surface area contributed by atoms with Gasteiger partial charge < -0.3 is 15.7 Å². The van der Waals surface area contributed by atoms with Gasteiger partial charge in [0, 0.05) is 12.6 Å². The average Bonchev–Trinajstić information content (AvgIpc) is 2.13. The molecule has 0 aliphatic heterocycles. The fraction of sp³-hybridized carbons (Fsp3) is 0.818. The molecular weight excluding hydrogens is 208 g/mol. The first-order chi connectivity index (χ1) is 7.26. The molecule has 3 N–H and O–H groups in total. The predicted molar refractivity (Wildman–Crippen MR) is 62.3 cm³/mol. The minimum atomic E-state index is -0.915. The molecule has 2 amide bonds. The highest BCUT2D eigenvalue weighted by atomic mass is 16.4. The summed E-state index contributed by atoms with van der Waals surface area (Å²) in [5.41, 5.74) is 0.0629. The number of aliphatic carboxylic acids is 1. The molecule has 0 aromatic rings. The third-order valence-corrected chi connectivity index (χ3v) is 2.54. The summed E-state index contributed by atoms with van der Waals surface area (Å²) in [4.78, 5) is 21.8. The van der Waals surface area contributed by atoms with E-state index in [0.717, 1.165) is 6.42 Å². The van der Waals surface area contributed by atoms with E-state index in [2.05, 4.69) is 31.4 Å². The van der Waals surface area contributed by atoms with Crippen LogP contribution in [-0.4, -0.2) is 29.7 Å². The molecule has 0 saturated heterocycles. The Balaban J connectivity index is 3.87. The highest BCUT2D eigenvalue weighted by molar-refractivity contribution is 5.75. The van der Waals surface area contributed by atoms with Gasteiger partial charge in [-0.15, -0.1) is 0 Å². The van der Waals surface area contributed by atoms with E-state index in [4.69, 9.17) is 5.11 Å². The highest BCUT2D eigenvalue weighted by Crippen LogP contribution is 2.17. The predicted octanol–water partition coefficient (Wildman–Crippen LogP) is 1.58. The molecule has 1 unspecified atom stereocenters. The quantitative estimate of drug-likeness (QED) is 0.648. The number of carboxylic acid groups (broad SMARTS) is 1. The smallest absolute Gasteiger partial charge is 0.315 e. The molecule has 94 valence electrons. The van der Waals surface area contributed by atoms with Crippen molar-refractivity contribution in [1.29, 1.82) is 0 Å². The van der Waals surface area contributed by atoms with Crippen LogP contribution >= 0.6 is 0 Å². The van der Waals surface area contributed by atoms with Gasteiger partial charge in [-0.25, -0.2) is 4.79 Å². The van der Waals surface area contributed by atoms with Gasteiger partial charge in [-0.05, 0) is 18.8 Å². The Bertz CT molecular complexity index is 252. The van der Waals surface area contributed by atoms with E-state index in [1.807, 2.05) is 0 Å². The zero-order valence-electron chi connectivity index (χ0n) is 10.5. The first-order valence-electron chi connectivity index (χ1n) is 5.53. The lowest BCUT2D eigenvalue weighted by Crippen LogP contribution is -2.44. The third-order valence-electron chi connectivity index (χ3n) is 2.54. The van der Waals surface area contributed by atoms with Gasteiger partial charge in [-0.1, -0.05) is 20.8 Å². The number of amides is 2. The highest BCUT2D eigenvalue weighted by Gasteiger charge is 2.17. The molecule has 16 heavy (non-hydrogen) atoms. The van der Waals surface area contributed by atoms with Crippen molar-refractivity contribution in [3.63, 3.8) is 0 Å². The van der Waals surface area contributed by atoms with Crippen LogP contribution in [0.25, 0.3) is 0 Å². The third kappa shape index (κ3) is 7.09. The lowest BCUT2D eigenvalue weighted by atomic mass is 9.90. The van der Waals surface area contributed by atoms with Gasteiger partial charge in [0.25, 0.3) is 0 Å². The van der Waals surface area contributed by atoms with Crippen molar-refractivity contribution in [2.24, 2.45) is 5.41 Å². The zero-order chi connectivity index (χ0) is 12.8. The van der Waals surface area contributed by atoms with Crippen LogP contribution in [0.15, 0.2) is 0 Å². The maximum Gasteiger partial charge on any atom is 0.315 e. The maximum absolute atomic E-state index is 11.4. The standard InChI is InChI=1S/C11H22N2O3/c1-5-11(3,4)7-12-10(16)13-8(2)6-9(14)15/h8H,5-7H2,1-4H3,(H,14,15)(H2,12,13,16). The molecule has 0 bridgehead atoms. The molecule has 0 aromatic heterocycles. The van der Waals surface area contributed by atoms with E-state index in [9.17, 15) is 9.59 Å². The van der Waals surface area contributed by atoms with Crippen LogP contribution in [0.5, 0.6) is 0 Å². The van der Waals surface area contributed by atoms with Crippen LogP contribution in [0.4, 0.5) is 4.79 Å². The van der Waals surface area contributed by atoms with Gasteiger partial charge in [0.05, 0.1) is 6.42 Å². The number of carbonyl (C=O) groups excluding carboxylic acids is 1. The van der Waals surface area contributed by atoms with Crippen molar-refractivity contribution in [1.82, 2.24) is 10.6 Å². The van der Waals surface area contributed by atoms with Gasteiger partial charge >= 0.3 is 12.0 Å². The Hall–Kier alpha value is -1.26. The van der Waals surface area contributed by atoms with E-state index in [1.54, 1.807) is 6.92 Å². The SMILES string of the molecule is CCC(C)(C)CNC(=O)NC(C)CC(=O)O. The summed E-state index contributed by atoms with van der Waals surface area (Å²) >= 11 is 0. The Morgan fingerprint density at radius 1 is 1.38 bits per heavy atom. The number of rotatable bonds is 6. The molecule has 0 saturated carbocycles. The van der Waals surface area contributed by atoms with Crippen molar-refractivity contribution >= 4 is 12.0 Å². The average molecular weight is 230 g/mol. The summed E-state index contributed by atoms with van der Waals surface area (Å²) in [5.74, 6) is -0.915. The van der Waals surface area contributed by atoms with E-state index in [-0.39, 0.29) is 23.9 Å². The largest absolute Gasteiger partial charge is 0.481 e. The fourth-order valence-corrected chi connectivity index (χ4v) is 1.03. The van der Waals surface area contributed by atoms with Crippen molar-refractivity contribution in [2.45, 2.75) is 46.6 Å².